The van der Waals surface area contributed by atoms with Crippen molar-refractivity contribution in [2.24, 2.45) is 5.92 Å². The van der Waals surface area contributed by atoms with Gasteiger partial charge in [0.15, 0.2) is 0 Å². The van der Waals surface area contributed by atoms with Gasteiger partial charge in [-0.15, -0.1) is 0 Å². The van der Waals surface area contributed by atoms with Crippen molar-refractivity contribution in [1.29, 1.82) is 0 Å². The average Bonchev–Trinajstić information content (AvgIpc) is 3.29. The van der Waals surface area contributed by atoms with Crippen molar-refractivity contribution < 1.29 is 14.4 Å². The molecule has 0 spiro atoms. The molecule has 1 aromatic rings. The monoisotopic (exact) mass is 370 g/mol. The predicted molar refractivity (Wildman–Crippen MR) is 100 cm³/mol. The number of piperazine rings is 1. The van der Waals surface area contributed by atoms with E-state index in [0.29, 0.717) is 18.0 Å². The van der Waals surface area contributed by atoms with Crippen LogP contribution in [0.3, 0.4) is 0 Å². The molecule has 0 radical (unpaired) electrons. The van der Waals surface area contributed by atoms with E-state index in [9.17, 15) is 14.4 Å². The summed E-state index contributed by atoms with van der Waals surface area (Å²) in [5, 5.41) is 5.71. The molecule has 2 unspecified atom stereocenters. The van der Waals surface area contributed by atoms with Crippen LogP contribution in [0.25, 0.3) is 0 Å². The van der Waals surface area contributed by atoms with Crippen LogP contribution >= 0.6 is 0 Å². The fraction of sp³-hybridized carbons (Fsp3) is 0.550. The van der Waals surface area contributed by atoms with E-state index < -0.39 is 0 Å². The number of carbonyl (C=O) groups excluding carboxylic acids is 3. The Balaban J connectivity index is 1.34. The number of benzene rings is 1. The largest absolute Gasteiger partial charge is 0.337 e. The van der Waals surface area contributed by atoms with Gasteiger partial charge in [0.1, 0.15) is 0 Å². The topological polar surface area (TPSA) is 81.8 Å². The van der Waals surface area contributed by atoms with Crippen molar-refractivity contribution in [3.63, 3.8) is 0 Å². The first-order chi connectivity index (χ1) is 13.1. The third-order valence-corrected chi connectivity index (χ3v) is 5.87. The first-order valence-corrected chi connectivity index (χ1v) is 9.77. The van der Waals surface area contributed by atoms with Crippen LogP contribution in [0.15, 0.2) is 24.3 Å². The zero-order valence-corrected chi connectivity index (χ0v) is 15.4. The number of likely N-dealkylation sites (tertiary alicyclic amines) is 1. The number of hydrogen-bond donors (Lipinski definition) is 2. The van der Waals surface area contributed by atoms with Crippen molar-refractivity contribution in [1.82, 2.24) is 20.4 Å². The zero-order chi connectivity index (χ0) is 18.8. The van der Waals surface area contributed by atoms with Crippen LogP contribution in [0, 0.1) is 5.92 Å². The van der Waals surface area contributed by atoms with Gasteiger partial charge in [-0.05, 0) is 30.5 Å². The number of nitrogens with zero attached hydrogens (tertiary/aromatic N) is 2. The lowest BCUT2D eigenvalue weighted by molar-refractivity contribution is -0.125. The van der Waals surface area contributed by atoms with Gasteiger partial charge < -0.3 is 10.2 Å². The molecule has 3 aliphatic heterocycles. The molecule has 0 bridgehead atoms. The van der Waals surface area contributed by atoms with Crippen molar-refractivity contribution in [3.8, 4) is 0 Å². The molecule has 3 amide bonds. The van der Waals surface area contributed by atoms with Crippen molar-refractivity contribution in [3.05, 3.63) is 35.4 Å². The Hall–Kier alpha value is -2.25. The molecule has 0 aliphatic carbocycles. The summed E-state index contributed by atoms with van der Waals surface area (Å²) < 4.78 is 0. The van der Waals surface area contributed by atoms with Crippen LogP contribution in [-0.4, -0.2) is 72.8 Å². The fourth-order valence-electron chi connectivity index (χ4n) is 4.29. The summed E-state index contributed by atoms with van der Waals surface area (Å²) >= 11 is 0. The molecule has 4 rings (SSSR count). The highest BCUT2D eigenvalue weighted by Gasteiger charge is 2.32. The lowest BCUT2D eigenvalue weighted by Crippen LogP contribution is -2.49. The van der Waals surface area contributed by atoms with Gasteiger partial charge in [-0.25, -0.2) is 0 Å². The number of imide groups is 1. The van der Waals surface area contributed by atoms with Gasteiger partial charge in [0, 0.05) is 57.3 Å². The van der Waals surface area contributed by atoms with E-state index in [0.717, 1.165) is 51.3 Å². The highest BCUT2D eigenvalue weighted by molar-refractivity contribution is 6.03. The quantitative estimate of drug-likeness (QED) is 0.730. The third kappa shape index (κ3) is 4.04. The fourth-order valence-corrected chi connectivity index (χ4v) is 4.29. The van der Waals surface area contributed by atoms with E-state index in [4.69, 9.17) is 0 Å². The summed E-state index contributed by atoms with van der Waals surface area (Å²) in [5.74, 6) is -0.619. The van der Waals surface area contributed by atoms with Gasteiger partial charge in [-0.2, -0.15) is 0 Å². The van der Waals surface area contributed by atoms with E-state index in [1.54, 1.807) is 0 Å². The number of hydrogen-bond acceptors (Lipinski definition) is 5. The predicted octanol–water partition coefficient (Wildman–Crippen LogP) is 0.0115. The zero-order valence-electron chi connectivity index (χ0n) is 15.4. The molecular weight excluding hydrogens is 344 g/mol. The maximum absolute atomic E-state index is 12.8. The molecule has 7 heteroatoms. The first kappa shape index (κ1) is 18.1. The Bertz CT molecular complexity index is 727. The molecule has 0 aromatic heterocycles. The molecule has 27 heavy (non-hydrogen) atoms. The molecule has 3 fully saturated rings. The molecule has 3 saturated heterocycles. The standard InChI is InChI=1S/C20H26N4O3/c25-18-12-16(19(26)22-18)11-14-1-3-15(4-2-14)20(27)24-8-5-17(13-24)23-9-6-21-7-10-23/h1-4,16-17,21H,5-13H2,(H,22,25,26). The van der Waals surface area contributed by atoms with Gasteiger partial charge in [0.25, 0.3) is 5.91 Å². The lowest BCUT2D eigenvalue weighted by Gasteiger charge is -2.32. The Morgan fingerprint density at radius 3 is 2.48 bits per heavy atom. The van der Waals surface area contributed by atoms with Gasteiger partial charge in [0.2, 0.25) is 11.8 Å². The summed E-state index contributed by atoms with van der Waals surface area (Å²) in [6, 6.07) is 7.93. The number of carbonyl (C=O) groups is 3. The molecule has 0 saturated carbocycles. The van der Waals surface area contributed by atoms with Gasteiger partial charge in [0.05, 0.1) is 5.92 Å². The van der Waals surface area contributed by atoms with Crippen LogP contribution < -0.4 is 10.6 Å². The van der Waals surface area contributed by atoms with Gasteiger partial charge in [-0.1, -0.05) is 12.1 Å². The van der Waals surface area contributed by atoms with Crippen LogP contribution in [0.2, 0.25) is 0 Å². The summed E-state index contributed by atoms with van der Waals surface area (Å²) in [5.41, 5.74) is 1.66. The van der Waals surface area contributed by atoms with E-state index in [2.05, 4.69) is 15.5 Å². The van der Waals surface area contributed by atoms with Crippen LogP contribution in [0.5, 0.6) is 0 Å². The second-order valence-corrected chi connectivity index (χ2v) is 7.69. The minimum absolute atomic E-state index is 0.0768. The lowest BCUT2D eigenvalue weighted by atomic mass is 9.97. The average molecular weight is 370 g/mol. The van der Waals surface area contributed by atoms with E-state index in [1.807, 2.05) is 29.2 Å². The van der Waals surface area contributed by atoms with E-state index >= 15 is 0 Å². The minimum atomic E-state index is -0.294. The Morgan fingerprint density at radius 2 is 1.81 bits per heavy atom. The summed E-state index contributed by atoms with van der Waals surface area (Å²) in [7, 11) is 0. The molecule has 3 aliphatic rings. The van der Waals surface area contributed by atoms with Crippen molar-refractivity contribution in [2.45, 2.75) is 25.3 Å². The Kier molecular flexibility index (Phi) is 5.22. The minimum Gasteiger partial charge on any atom is -0.337 e. The SMILES string of the molecule is O=C1CC(Cc2ccc(C(=O)N3CCC(N4CCNCC4)C3)cc2)C(=O)N1. The molecule has 2 atom stereocenters. The van der Waals surface area contributed by atoms with Crippen LogP contribution in [0.1, 0.15) is 28.8 Å². The molecule has 1 aromatic carbocycles. The highest BCUT2D eigenvalue weighted by Crippen LogP contribution is 2.21. The smallest absolute Gasteiger partial charge is 0.253 e. The molecule has 2 N–H and O–H groups in total. The second kappa shape index (κ2) is 7.78. The van der Waals surface area contributed by atoms with Crippen molar-refractivity contribution >= 4 is 17.7 Å². The normalized spacial score (nSPS) is 26.4. The third-order valence-electron chi connectivity index (χ3n) is 5.87. The molecule has 3 heterocycles. The summed E-state index contributed by atoms with van der Waals surface area (Å²) in [6.07, 6.45) is 1.82. The Labute approximate surface area is 159 Å². The Morgan fingerprint density at radius 1 is 1.07 bits per heavy atom. The summed E-state index contributed by atoms with van der Waals surface area (Å²) in [6.45, 7) is 5.76. The van der Waals surface area contributed by atoms with E-state index in [-0.39, 0.29) is 30.1 Å². The number of nitrogens with one attached hydrogen (secondary N) is 2. The van der Waals surface area contributed by atoms with Gasteiger partial charge in [-0.3, -0.25) is 24.6 Å². The maximum atomic E-state index is 12.8. The second-order valence-electron chi connectivity index (χ2n) is 7.69. The van der Waals surface area contributed by atoms with Crippen molar-refractivity contribution in [2.75, 3.05) is 39.3 Å². The molecule has 144 valence electrons. The van der Waals surface area contributed by atoms with Crippen LogP contribution in [-0.2, 0) is 16.0 Å². The van der Waals surface area contributed by atoms with Crippen LogP contribution in [0.4, 0.5) is 0 Å². The number of amides is 3. The number of rotatable bonds is 4. The molecular formula is C20H26N4O3. The van der Waals surface area contributed by atoms with Gasteiger partial charge >= 0.3 is 0 Å². The first-order valence-electron chi connectivity index (χ1n) is 9.77. The maximum Gasteiger partial charge on any atom is 0.253 e. The van der Waals surface area contributed by atoms with E-state index in [1.165, 1.54) is 0 Å². The highest BCUT2D eigenvalue weighted by atomic mass is 16.2. The molecule has 7 nitrogen and oxygen atoms in total. The summed E-state index contributed by atoms with van der Waals surface area (Å²) in [4.78, 5) is 40.2.